The zero-order valence-electron chi connectivity index (χ0n) is 24.0. The molecule has 1 aliphatic rings. The monoisotopic (exact) mass is 553 g/mol. The van der Waals surface area contributed by atoms with Gasteiger partial charge >= 0.3 is 0 Å². The van der Waals surface area contributed by atoms with Crippen molar-refractivity contribution in [1.82, 2.24) is 19.1 Å². The first-order valence-electron chi connectivity index (χ1n) is 14.3. The summed E-state index contributed by atoms with van der Waals surface area (Å²) in [6, 6.07) is 29.0. The second-order valence-electron chi connectivity index (χ2n) is 10.8. The Bertz CT molecular complexity index is 2000. The maximum absolute atomic E-state index is 12.3. The van der Waals surface area contributed by atoms with Gasteiger partial charge in [0.15, 0.2) is 0 Å². The van der Waals surface area contributed by atoms with Crippen LogP contribution >= 0.6 is 0 Å². The highest BCUT2D eigenvalue weighted by molar-refractivity contribution is 5.99. The predicted octanol–water partition coefficient (Wildman–Crippen LogP) is 7.28. The average molecular weight is 554 g/mol. The van der Waals surface area contributed by atoms with Crippen LogP contribution in [0.3, 0.4) is 0 Å². The van der Waals surface area contributed by atoms with Crippen LogP contribution in [-0.4, -0.2) is 31.6 Å². The van der Waals surface area contributed by atoms with E-state index < -0.39 is 0 Å². The minimum absolute atomic E-state index is 0.0873. The topological polar surface area (TPSA) is 80.7 Å². The van der Waals surface area contributed by atoms with E-state index in [1.54, 1.807) is 0 Å². The fraction of sp³-hybridized carbons (Fsp3) is 0.206. The van der Waals surface area contributed by atoms with Gasteiger partial charge < -0.3 is 9.13 Å². The number of rotatable bonds is 7. The molecule has 3 heterocycles. The fourth-order valence-corrected chi connectivity index (χ4v) is 5.89. The molecule has 0 unspecified atom stereocenters. The summed E-state index contributed by atoms with van der Waals surface area (Å²) >= 11 is 0. The number of anilines is 1. The van der Waals surface area contributed by atoms with Gasteiger partial charge in [-0.3, -0.25) is 4.79 Å². The van der Waals surface area contributed by atoms with Gasteiger partial charge in [0.05, 0.1) is 27.8 Å². The number of hydrogen-bond donors (Lipinski definition) is 0. The molecule has 2 aromatic heterocycles. The van der Waals surface area contributed by atoms with Crippen molar-refractivity contribution in [3.05, 3.63) is 102 Å². The van der Waals surface area contributed by atoms with Crippen molar-refractivity contribution >= 4 is 33.7 Å². The zero-order valence-corrected chi connectivity index (χ0v) is 24.0. The molecule has 0 atom stereocenters. The Morgan fingerprint density at radius 1 is 0.857 bits per heavy atom. The van der Waals surface area contributed by atoms with Crippen molar-refractivity contribution in [2.75, 3.05) is 11.6 Å². The first-order valence-corrected chi connectivity index (χ1v) is 14.3. The summed E-state index contributed by atoms with van der Waals surface area (Å²) < 4.78 is 4.52. The number of imidazole rings is 2. The smallest absolute Gasteiger partial charge is 0.272 e. The maximum Gasteiger partial charge on any atom is 0.272 e. The number of carbonyl (C=O) groups excluding carboxylic acids is 1. The lowest BCUT2D eigenvalue weighted by Gasteiger charge is -2.16. The number of amides is 1. The lowest BCUT2D eigenvalue weighted by Crippen LogP contribution is -2.22. The van der Waals surface area contributed by atoms with E-state index in [0.717, 1.165) is 74.5 Å². The van der Waals surface area contributed by atoms with Crippen molar-refractivity contribution < 1.29 is 4.79 Å². The molecule has 208 valence electrons. The van der Waals surface area contributed by atoms with Crippen LogP contribution in [0.25, 0.3) is 44.6 Å². The number of nitrogens with zero attached hydrogens (tertiary/aromatic N) is 7. The van der Waals surface area contributed by atoms with Gasteiger partial charge in [0.2, 0.25) is 0 Å². The summed E-state index contributed by atoms with van der Waals surface area (Å²) in [4.78, 5) is 22.4. The summed E-state index contributed by atoms with van der Waals surface area (Å²) in [7, 11) is 2.08. The highest BCUT2D eigenvalue weighted by atomic mass is 16.2. The molecule has 0 radical (unpaired) electrons. The van der Waals surface area contributed by atoms with Crippen molar-refractivity contribution in [3.8, 4) is 22.5 Å². The zero-order chi connectivity index (χ0) is 28.8. The van der Waals surface area contributed by atoms with Crippen LogP contribution in [0.5, 0.6) is 0 Å². The Morgan fingerprint density at radius 2 is 1.64 bits per heavy atom. The summed E-state index contributed by atoms with van der Waals surface area (Å²) in [5.74, 6) is 1.91. The quantitative estimate of drug-likeness (QED) is 0.208. The molecule has 8 heteroatoms. The van der Waals surface area contributed by atoms with Gasteiger partial charge in [0, 0.05) is 31.1 Å². The van der Waals surface area contributed by atoms with Crippen LogP contribution in [0.1, 0.15) is 30.3 Å². The SMILES string of the molecule is CCCc1nc2c(C)cc(-c3nc4ccccc4n3C)cc2n1Cc1ccc(-c2ccccc2N2N=NCC2=O)cc1. The minimum atomic E-state index is -0.122. The first-order chi connectivity index (χ1) is 20.5. The Labute approximate surface area is 243 Å². The molecular weight excluding hydrogens is 522 g/mol. The number of benzene rings is 4. The summed E-state index contributed by atoms with van der Waals surface area (Å²) in [5.41, 5.74) is 10.4. The van der Waals surface area contributed by atoms with E-state index in [9.17, 15) is 4.79 Å². The van der Waals surface area contributed by atoms with E-state index in [4.69, 9.17) is 9.97 Å². The highest BCUT2D eigenvalue weighted by Gasteiger charge is 2.23. The molecular formula is C34H31N7O. The molecule has 0 fully saturated rings. The molecule has 0 N–H and O–H groups in total. The van der Waals surface area contributed by atoms with Gasteiger partial charge in [-0.1, -0.05) is 66.7 Å². The van der Waals surface area contributed by atoms with Crippen LogP contribution < -0.4 is 5.01 Å². The second-order valence-corrected chi connectivity index (χ2v) is 10.8. The molecule has 1 amide bonds. The van der Waals surface area contributed by atoms with E-state index in [2.05, 4.69) is 95.0 Å². The van der Waals surface area contributed by atoms with Crippen LogP contribution in [0.2, 0.25) is 0 Å². The Hall–Kier alpha value is -5.11. The third-order valence-corrected chi connectivity index (χ3v) is 7.98. The van der Waals surface area contributed by atoms with E-state index in [-0.39, 0.29) is 12.5 Å². The van der Waals surface area contributed by atoms with Crippen molar-refractivity contribution in [2.45, 2.75) is 33.2 Å². The van der Waals surface area contributed by atoms with E-state index in [0.29, 0.717) is 6.54 Å². The predicted molar refractivity (Wildman–Crippen MR) is 166 cm³/mol. The van der Waals surface area contributed by atoms with Crippen molar-refractivity contribution in [2.24, 2.45) is 17.4 Å². The van der Waals surface area contributed by atoms with Crippen LogP contribution in [0.4, 0.5) is 5.69 Å². The number of fused-ring (bicyclic) bond motifs is 2. The fourth-order valence-electron chi connectivity index (χ4n) is 5.89. The van der Waals surface area contributed by atoms with E-state index in [1.807, 2.05) is 30.3 Å². The van der Waals surface area contributed by atoms with Gasteiger partial charge in [-0.25, -0.2) is 9.97 Å². The van der Waals surface area contributed by atoms with Gasteiger partial charge in [-0.05, 0) is 60.4 Å². The number of hydrogen-bond acceptors (Lipinski definition) is 5. The van der Waals surface area contributed by atoms with E-state index >= 15 is 0 Å². The molecule has 0 saturated heterocycles. The molecule has 1 aliphatic heterocycles. The van der Waals surface area contributed by atoms with Crippen molar-refractivity contribution in [3.63, 3.8) is 0 Å². The largest absolute Gasteiger partial charge is 0.327 e. The first kappa shape index (κ1) is 25.8. The van der Waals surface area contributed by atoms with Gasteiger partial charge in [0.25, 0.3) is 5.91 Å². The van der Waals surface area contributed by atoms with Gasteiger partial charge in [0.1, 0.15) is 18.2 Å². The molecule has 0 aliphatic carbocycles. The van der Waals surface area contributed by atoms with Gasteiger partial charge in [-0.15, -0.1) is 0 Å². The van der Waals surface area contributed by atoms with Crippen LogP contribution in [0, 0.1) is 6.92 Å². The van der Waals surface area contributed by atoms with E-state index in [1.165, 1.54) is 10.6 Å². The third kappa shape index (κ3) is 4.36. The number of aromatic nitrogens is 4. The number of para-hydroxylation sites is 3. The molecule has 7 rings (SSSR count). The summed E-state index contributed by atoms with van der Waals surface area (Å²) in [5, 5.41) is 9.33. The minimum Gasteiger partial charge on any atom is -0.327 e. The van der Waals surface area contributed by atoms with Crippen LogP contribution in [0.15, 0.2) is 95.3 Å². The average Bonchev–Trinajstić information content (AvgIpc) is 3.69. The normalized spacial score (nSPS) is 13.2. The maximum atomic E-state index is 12.3. The molecule has 8 nitrogen and oxygen atoms in total. The lowest BCUT2D eigenvalue weighted by molar-refractivity contribution is -0.116. The number of carbonyl (C=O) groups is 1. The Balaban J connectivity index is 1.27. The highest BCUT2D eigenvalue weighted by Crippen LogP contribution is 2.34. The summed E-state index contributed by atoms with van der Waals surface area (Å²) in [6.07, 6.45) is 1.92. The molecule has 6 aromatic rings. The third-order valence-electron chi connectivity index (χ3n) is 7.98. The Kier molecular flexibility index (Phi) is 6.38. The molecule has 0 saturated carbocycles. The molecule has 4 aromatic carbocycles. The lowest BCUT2D eigenvalue weighted by atomic mass is 10.0. The van der Waals surface area contributed by atoms with Crippen LogP contribution in [-0.2, 0) is 24.8 Å². The standard InChI is InChI=1S/C34H31N7O/c1-4-9-31-37-33-22(2)18-25(34-36-27-11-6-8-13-29(27)39(34)3)19-30(33)40(31)21-23-14-16-24(17-15-23)26-10-5-7-12-28(26)41-32(42)20-35-38-41/h5-8,10-19H,4,9,20-21H2,1-3H3. The second kappa shape index (κ2) is 10.4. The van der Waals surface area contributed by atoms with Gasteiger partial charge in [-0.2, -0.15) is 10.1 Å². The summed E-state index contributed by atoms with van der Waals surface area (Å²) in [6.45, 7) is 5.12. The van der Waals surface area contributed by atoms with Crippen molar-refractivity contribution in [1.29, 1.82) is 0 Å². The molecule has 42 heavy (non-hydrogen) atoms. The Morgan fingerprint density at radius 3 is 2.40 bits per heavy atom. The molecule has 0 spiro atoms. The number of aryl methyl sites for hydroxylation is 3. The molecule has 0 bridgehead atoms.